The van der Waals surface area contributed by atoms with Crippen molar-refractivity contribution in [3.8, 4) is 0 Å². The van der Waals surface area contributed by atoms with Gasteiger partial charge in [0.25, 0.3) is 0 Å². The number of benzene rings is 2. The zero-order chi connectivity index (χ0) is 15.8. The van der Waals surface area contributed by atoms with Gasteiger partial charge in [0.1, 0.15) is 0 Å². The van der Waals surface area contributed by atoms with Crippen molar-refractivity contribution < 1.29 is 0 Å². The van der Waals surface area contributed by atoms with Gasteiger partial charge in [-0.3, -0.25) is 0 Å². The van der Waals surface area contributed by atoms with E-state index >= 15 is 0 Å². The van der Waals surface area contributed by atoms with Gasteiger partial charge in [-0.2, -0.15) is 0 Å². The van der Waals surface area contributed by atoms with E-state index in [1.165, 1.54) is 16.0 Å². The van der Waals surface area contributed by atoms with Crippen LogP contribution in [0.2, 0.25) is 0 Å². The molecule has 0 saturated heterocycles. The molecule has 0 N–H and O–H groups in total. The lowest BCUT2D eigenvalue weighted by molar-refractivity contribution is 0.895. The zero-order valence-electron chi connectivity index (χ0n) is 13.6. The summed E-state index contributed by atoms with van der Waals surface area (Å²) >= 11 is 1.92. The molecule has 0 spiro atoms. The summed E-state index contributed by atoms with van der Waals surface area (Å²) in [6.45, 7) is 6.56. The van der Waals surface area contributed by atoms with E-state index in [0.29, 0.717) is 0 Å². The molecule has 0 bridgehead atoms. The SMILES string of the molecule is C/C=C\C=C/C(C)(C)Sc1ccccc1Cc1ccccc1. The molecular weight excluding hydrogens is 284 g/mol. The van der Waals surface area contributed by atoms with Gasteiger partial charge < -0.3 is 0 Å². The van der Waals surface area contributed by atoms with Gasteiger partial charge >= 0.3 is 0 Å². The van der Waals surface area contributed by atoms with Crippen LogP contribution in [0.4, 0.5) is 0 Å². The molecule has 0 heterocycles. The van der Waals surface area contributed by atoms with Gasteiger partial charge in [-0.1, -0.05) is 72.8 Å². The molecule has 0 amide bonds. The minimum Gasteiger partial charge on any atom is -0.115 e. The number of hydrogen-bond donors (Lipinski definition) is 0. The predicted octanol–water partition coefficient (Wildman–Crippen LogP) is 6.28. The highest BCUT2D eigenvalue weighted by molar-refractivity contribution is 8.00. The van der Waals surface area contributed by atoms with Crippen molar-refractivity contribution >= 4 is 11.8 Å². The highest BCUT2D eigenvalue weighted by Crippen LogP contribution is 2.36. The van der Waals surface area contributed by atoms with Crippen molar-refractivity contribution in [1.29, 1.82) is 0 Å². The molecule has 0 aromatic heterocycles. The molecule has 0 unspecified atom stereocenters. The summed E-state index contributed by atoms with van der Waals surface area (Å²) in [5.41, 5.74) is 2.75. The minimum atomic E-state index is 0.0757. The minimum absolute atomic E-state index is 0.0757. The van der Waals surface area contributed by atoms with E-state index in [2.05, 4.69) is 92.7 Å². The molecule has 0 saturated carbocycles. The third kappa shape index (κ3) is 5.23. The van der Waals surface area contributed by atoms with Crippen molar-refractivity contribution in [1.82, 2.24) is 0 Å². The smallest absolute Gasteiger partial charge is 0.0332 e. The average Bonchev–Trinajstić information content (AvgIpc) is 2.50. The third-order valence-electron chi connectivity index (χ3n) is 3.38. The number of allylic oxidation sites excluding steroid dienone is 3. The molecule has 1 heteroatoms. The van der Waals surface area contributed by atoms with E-state index < -0.39 is 0 Å². The molecule has 2 aromatic rings. The van der Waals surface area contributed by atoms with E-state index in [0.717, 1.165) is 6.42 Å². The molecule has 0 aliphatic carbocycles. The summed E-state index contributed by atoms with van der Waals surface area (Å²) in [6, 6.07) is 19.4. The molecule has 114 valence electrons. The summed E-state index contributed by atoms with van der Waals surface area (Å²) in [5.74, 6) is 0. The molecular formula is C21H24S. The average molecular weight is 308 g/mol. The van der Waals surface area contributed by atoms with Crippen molar-refractivity contribution in [3.63, 3.8) is 0 Å². The summed E-state index contributed by atoms with van der Waals surface area (Å²) in [6.07, 6.45) is 9.52. The summed E-state index contributed by atoms with van der Waals surface area (Å²) in [4.78, 5) is 1.36. The maximum Gasteiger partial charge on any atom is 0.0332 e. The van der Waals surface area contributed by atoms with E-state index in [1.54, 1.807) is 0 Å². The first-order chi connectivity index (χ1) is 10.6. The molecule has 2 aromatic carbocycles. The Hall–Kier alpha value is -1.73. The Kier molecular flexibility index (Phi) is 6.09. The van der Waals surface area contributed by atoms with Gasteiger partial charge in [0, 0.05) is 9.64 Å². The number of rotatable bonds is 6. The van der Waals surface area contributed by atoms with Crippen LogP contribution in [0.25, 0.3) is 0 Å². The second-order valence-electron chi connectivity index (χ2n) is 5.86. The molecule has 0 atom stereocenters. The van der Waals surface area contributed by atoms with Crippen LogP contribution in [-0.2, 0) is 6.42 Å². The van der Waals surface area contributed by atoms with Gasteiger partial charge in [0.2, 0.25) is 0 Å². The fraction of sp³-hybridized carbons (Fsp3) is 0.238. The number of hydrogen-bond acceptors (Lipinski definition) is 1. The standard InChI is InChI=1S/C21H24S/c1-4-5-11-16-21(2,3)22-20-15-10-9-14-19(20)17-18-12-7-6-8-13-18/h4-16H,17H2,1-3H3/b5-4-,16-11-. The maximum absolute atomic E-state index is 2.26. The first-order valence-electron chi connectivity index (χ1n) is 7.72. The maximum atomic E-state index is 2.26. The molecule has 0 aliphatic heterocycles. The van der Waals surface area contributed by atoms with Crippen LogP contribution in [-0.4, -0.2) is 4.75 Å². The largest absolute Gasteiger partial charge is 0.115 e. The van der Waals surface area contributed by atoms with Crippen molar-refractivity contribution in [2.45, 2.75) is 36.8 Å². The van der Waals surface area contributed by atoms with E-state index in [-0.39, 0.29) is 4.75 Å². The van der Waals surface area contributed by atoms with Gasteiger partial charge in [-0.05, 0) is 44.4 Å². The molecule has 0 fully saturated rings. The Bertz CT molecular complexity index is 636. The highest BCUT2D eigenvalue weighted by atomic mass is 32.2. The van der Waals surface area contributed by atoms with Crippen LogP contribution < -0.4 is 0 Å². The Balaban J connectivity index is 2.18. The summed E-state index contributed by atoms with van der Waals surface area (Å²) < 4.78 is 0.0757. The molecule has 22 heavy (non-hydrogen) atoms. The van der Waals surface area contributed by atoms with Crippen LogP contribution in [0.3, 0.4) is 0 Å². The Morgan fingerprint density at radius 1 is 0.909 bits per heavy atom. The first-order valence-corrected chi connectivity index (χ1v) is 8.54. The summed E-state index contributed by atoms with van der Waals surface area (Å²) in [5, 5.41) is 0. The van der Waals surface area contributed by atoms with Gasteiger partial charge in [-0.25, -0.2) is 0 Å². The highest BCUT2D eigenvalue weighted by Gasteiger charge is 2.17. The van der Waals surface area contributed by atoms with E-state index in [4.69, 9.17) is 0 Å². The Labute approximate surface area is 139 Å². The lowest BCUT2D eigenvalue weighted by atomic mass is 10.1. The zero-order valence-corrected chi connectivity index (χ0v) is 14.4. The van der Waals surface area contributed by atoms with Crippen LogP contribution in [0.5, 0.6) is 0 Å². The predicted molar refractivity (Wildman–Crippen MR) is 99.6 cm³/mol. The van der Waals surface area contributed by atoms with Crippen LogP contribution in [0.15, 0.2) is 83.8 Å². The molecule has 0 radical (unpaired) electrons. The molecule has 2 rings (SSSR count). The third-order valence-corrected chi connectivity index (χ3v) is 4.66. The second kappa shape index (κ2) is 8.05. The monoisotopic (exact) mass is 308 g/mol. The van der Waals surface area contributed by atoms with Crippen molar-refractivity contribution in [2.24, 2.45) is 0 Å². The lowest BCUT2D eigenvalue weighted by Gasteiger charge is -2.21. The van der Waals surface area contributed by atoms with Crippen LogP contribution >= 0.6 is 11.8 Å². The van der Waals surface area contributed by atoms with Gasteiger partial charge in [-0.15, -0.1) is 11.8 Å². The van der Waals surface area contributed by atoms with Gasteiger partial charge in [0.15, 0.2) is 0 Å². The molecule has 0 aliphatic rings. The molecule has 0 nitrogen and oxygen atoms in total. The quantitative estimate of drug-likeness (QED) is 0.447. The van der Waals surface area contributed by atoms with Crippen molar-refractivity contribution in [2.75, 3.05) is 0 Å². The Morgan fingerprint density at radius 3 is 2.32 bits per heavy atom. The van der Waals surface area contributed by atoms with Crippen LogP contribution in [0.1, 0.15) is 31.9 Å². The summed E-state index contributed by atoms with van der Waals surface area (Å²) in [7, 11) is 0. The Morgan fingerprint density at radius 2 is 1.59 bits per heavy atom. The van der Waals surface area contributed by atoms with E-state index in [9.17, 15) is 0 Å². The van der Waals surface area contributed by atoms with Crippen molar-refractivity contribution in [3.05, 3.63) is 90.0 Å². The fourth-order valence-electron chi connectivity index (χ4n) is 2.28. The van der Waals surface area contributed by atoms with Gasteiger partial charge in [0.05, 0.1) is 0 Å². The fourth-order valence-corrected chi connectivity index (χ4v) is 3.41. The lowest BCUT2D eigenvalue weighted by Crippen LogP contribution is -2.10. The topological polar surface area (TPSA) is 0 Å². The van der Waals surface area contributed by atoms with E-state index in [1.807, 2.05) is 18.7 Å². The first kappa shape index (κ1) is 16.6. The normalized spacial score (nSPS) is 12.3. The second-order valence-corrected chi connectivity index (χ2v) is 7.56. The number of thioether (sulfide) groups is 1. The van der Waals surface area contributed by atoms with Crippen LogP contribution in [0, 0.1) is 0 Å².